The molecule has 0 spiro atoms. The van der Waals surface area contributed by atoms with Crippen LogP contribution in [0.4, 0.5) is 4.79 Å². The smallest absolute Gasteiger partial charge is 0.407 e. The molecule has 0 saturated carbocycles. The molecule has 1 rings (SSSR count). The number of alkyl carbamates (subject to hydrolysis) is 1. The number of carbonyl (C=O) groups excluding carboxylic acids is 1. The van der Waals surface area contributed by atoms with Crippen LogP contribution in [0.1, 0.15) is 58.6 Å². The van der Waals surface area contributed by atoms with Gasteiger partial charge in [0, 0.05) is 24.2 Å². The van der Waals surface area contributed by atoms with E-state index < -0.39 is 11.7 Å². The fourth-order valence-electron chi connectivity index (χ4n) is 2.09. The van der Waals surface area contributed by atoms with E-state index >= 15 is 0 Å². The Morgan fingerprint density at radius 3 is 2.30 bits per heavy atom. The predicted octanol–water partition coefficient (Wildman–Crippen LogP) is 3.32. The highest BCUT2D eigenvalue weighted by molar-refractivity contribution is 5.67. The van der Waals surface area contributed by atoms with Crippen LogP contribution >= 0.6 is 0 Å². The lowest BCUT2D eigenvalue weighted by Crippen LogP contribution is -2.55. The molecule has 1 atom stereocenters. The van der Waals surface area contributed by atoms with Crippen LogP contribution in [0, 0.1) is 19.8 Å². The Hall–Kier alpha value is -1.56. The lowest BCUT2D eigenvalue weighted by Gasteiger charge is -2.35. The number of nitrogens with zero attached hydrogens (tertiary/aromatic N) is 1. The van der Waals surface area contributed by atoms with Crippen molar-refractivity contribution in [1.82, 2.24) is 15.8 Å². The lowest BCUT2D eigenvalue weighted by molar-refractivity contribution is 0.0503. The molecule has 0 aliphatic heterocycles. The summed E-state index contributed by atoms with van der Waals surface area (Å²) in [5, 5.41) is 10.4. The second-order valence-electron chi connectivity index (χ2n) is 7.58. The summed E-state index contributed by atoms with van der Waals surface area (Å²) in [4.78, 5) is 11.9. The Morgan fingerprint density at radius 1 is 1.26 bits per heavy atom. The highest BCUT2D eigenvalue weighted by Crippen LogP contribution is 2.19. The van der Waals surface area contributed by atoms with Gasteiger partial charge in [-0.3, -0.25) is 0 Å². The molecule has 1 heterocycles. The monoisotopic (exact) mass is 325 g/mol. The van der Waals surface area contributed by atoms with E-state index in [1.54, 1.807) is 0 Å². The van der Waals surface area contributed by atoms with Crippen LogP contribution in [0.25, 0.3) is 0 Å². The largest absolute Gasteiger partial charge is 0.444 e. The molecular weight excluding hydrogens is 294 g/mol. The maximum Gasteiger partial charge on any atom is 0.407 e. The van der Waals surface area contributed by atoms with E-state index in [4.69, 9.17) is 9.26 Å². The molecule has 6 heteroatoms. The first-order valence-electron chi connectivity index (χ1n) is 8.08. The Bertz CT molecular complexity index is 512. The topological polar surface area (TPSA) is 76.4 Å². The summed E-state index contributed by atoms with van der Waals surface area (Å²) in [7, 11) is 0. The van der Waals surface area contributed by atoms with Gasteiger partial charge in [-0.2, -0.15) is 0 Å². The molecule has 1 amide bonds. The van der Waals surface area contributed by atoms with E-state index in [2.05, 4.69) is 36.6 Å². The van der Waals surface area contributed by atoms with Crippen molar-refractivity contribution in [3.05, 3.63) is 17.0 Å². The standard InChI is InChI=1S/C17H31N3O3/c1-11(2)17(8,10-18-15(21)22-16(5,6)7)19-9-14-12(3)20-23-13(14)4/h11,19H,9-10H2,1-8H3,(H,18,21)/t17-/m0/s1. The van der Waals surface area contributed by atoms with Gasteiger partial charge < -0.3 is 19.9 Å². The van der Waals surface area contributed by atoms with Crippen LogP contribution in [0.2, 0.25) is 0 Å². The first kappa shape index (κ1) is 19.5. The zero-order valence-electron chi connectivity index (χ0n) is 15.7. The number of nitrogens with one attached hydrogen (secondary N) is 2. The van der Waals surface area contributed by atoms with Crippen LogP contribution in [-0.2, 0) is 11.3 Å². The number of hydrogen-bond donors (Lipinski definition) is 2. The van der Waals surface area contributed by atoms with E-state index in [0.717, 1.165) is 17.0 Å². The van der Waals surface area contributed by atoms with Crippen molar-refractivity contribution >= 4 is 6.09 Å². The third kappa shape index (κ3) is 5.86. The molecule has 6 nitrogen and oxygen atoms in total. The SMILES string of the molecule is Cc1noc(C)c1CN[C@@](C)(CNC(=O)OC(C)(C)C)C(C)C. The van der Waals surface area contributed by atoms with Crippen molar-refractivity contribution in [3.63, 3.8) is 0 Å². The summed E-state index contributed by atoms with van der Waals surface area (Å²) < 4.78 is 10.5. The van der Waals surface area contributed by atoms with Gasteiger partial charge in [0.25, 0.3) is 0 Å². The zero-order chi connectivity index (χ0) is 17.8. The van der Waals surface area contributed by atoms with Crippen LogP contribution in [0.5, 0.6) is 0 Å². The molecule has 0 radical (unpaired) electrons. The van der Waals surface area contributed by atoms with Gasteiger partial charge in [-0.05, 0) is 47.5 Å². The van der Waals surface area contributed by atoms with E-state index in [1.807, 2.05) is 34.6 Å². The molecule has 0 aliphatic carbocycles. The summed E-state index contributed by atoms with van der Waals surface area (Å²) in [6.07, 6.45) is -0.400. The number of aryl methyl sites for hydroxylation is 2. The summed E-state index contributed by atoms with van der Waals surface area (Å²) in [5.74, 6) is 1.14. The minimum absolute atomic E-state index is 0.271. The van der Waals surface area contributed by atoms with Gasteiger partial charge in [0.05, 0.1) is 5.69 Å². The average molecular weight is 325 g/mol. The quantitative estimate of drug-likeness (QED) is 0.839. The van der Waals surface area contributed by atoms with Gasteiger partial charge in [0.1, 0.15) is 11.4 Å². The van der Waals surface area contributed by atoms with Crippen LogP contribution in [0.3, 0.4) is 0 Å². The van der Waals surface area contributed by atoms with E-state index in [0.29, 0.717) is 19.0 Å². The van der Waals surface area contributed by atoms with Crippen LogP contribution in [0.15, 0.2) is 4.52 Å². The van der Waals surface area contributed by atoms with Gasteiger partial charge in [0.15, 0.2) is 0 Å². The molecule has 132 valence electrons. The van der Waals surface area contributed by atoms with Crippen molar-refractivity contribution in [2.75, 3.05) is 6.54 Å². The Morgan fingerprint density at radius 2 is 1.87 bits per heavy atom. The number of amides is 1. The third-order valence-corrected chi connectivity index (χ3v) is 4.12. The first-order chi connectivity index (χ1) is 10.4. The highest BCUT2D eigenvalue weighted by atomic mass is 16.6. The molecule has 0 unspecified atom stereocenters. The van der Waals surface area contributed by atoms with Crippen molar-refractivity contribution in [2.24, 2.45) is 5.92 Å². The fraction of sp³-hybridized carbons (Fsp3) is 0.765. The minimum atomic E-state index is -0.498. The Balaban J connectivity index is 2.66. The molecule has 0 bridgehead atoms. The van der Waals surface area contributed by atoms with Crippen molar-refractivity contribution in [3.8, 4) is 0 Å². The Labute approximate surface area is 139 Å². The van der Waals surface area contributed by atoms with Crippen molar-refractivity contribution < 1.29 is 14.1 Å². The van der Waals surface area contributed by atoms with Crippen molar-refractivity contribution in [2.45, 2.75) is 73.1 Å². The van der Waals surface area contributed by atoms with Crippen LogP contribution < -0.4 is 10.6 Å². The van der Waals surface area contributed by atoms with E-state index in [1.165, 1.54) is 0 Å². The minimum Gasteiger partial charge on any atom is -0.444 e. The van der Waals surface area contributed by atoms with Gasteiger partial charge >= 0.3 is 6.09 Å². The second-order valence-corrected chi connectivity index (χ2v) is 7.58. The number of aromatic nitrogens is 1. The van der Waals surface area contributed by atoms with Gasteiger partial charge in [-0.1, -0.05) is 19.0 Å². The third-order valence-electron chi connectivity index (χ3n) is 4.12. The summed E-state index contributed by atoms with van der Waals surface area (Å²) in [6.45, 7) is 16.8. The van der Waals surface area contributed by atoms with Crippen molar-refractivity contribution in [1.29, 1.82) is 0 Å². The molecule has 1 aromatic heterocycles. The number of carbonyl (C=O) groups is 1. The summed E-state index contributed by atoms with van der Waals surface area (Å²) in [5.41, 5.74) is 1.19. The number of ether oxygens (including phenoxy) is 1. The Kier molecular flexibility index (Phi) is 6.22. The van der Waals surface area contributed by atoms with Crippen LogP contribution in [-0.4, -0.2) is 28.9 Å². The molecule has 0 aromatic carbocycles. The van der Waals surface area contributed by atoms with E-state index in [9.17, 15) is 4.79 Å². The molecular formula is C17H31N3O3. The van der Waals surface area contributed by atoms with Gasteiger partial charge in [0.2, 0.25) is 0 Å². The first-order valence-corrected chi connectivity index (χ1v) is 8.08. The zero-order valence-corrected chi connectivity index (χ0v) is 15.7. The maximum atomic E-state index is 11.9. The summed E-state index contributed by atoms with van der Waals surface area (Å²) >= 11 is 0. The maximum absolute atomic E-state index is 11.9. The fourth-order valence-corrected chi connectivity index (χ4v) is 2.09. The molecule has 2 N–H and O–H groups in total. The highest BCUT2D eigenvalue weighted by Gasteiger charge is 2.30. The normalized spacial score (nSPS) is 14.7. The molecule has 0 saturated heterocycles. The molecule has 23 heavy (non-hydrogen) atoms. The number of rotatable bonds is 6. The molecule has 1 aromatic rings. The second kappa shape index (κ2) is 7.34. The number of hydrogen-bond acceptors (Lipinski definition) is 5. The lowest BCUT2D eigenvalue weighted by atomic mass is 9.88. The average Bonchev–Trinajstić information content (AvgIpc) is 2.71. The van der Waals surface area contributed by atoms with Gasteiger partial charge in [-0.15, -0.1) is 0 Å². The van der Waals surface area contributed by atoms with E-state index in [-0.39, 0.29) is 5.54 Å². The predicted molar refractivity (Wildman–Crippen MR) is 90.3 cm³/mol. The molecule has 0 fully saturated rings. The molecule has 0 aliphatic rings. The summed E-state index contributed by atoms with van der Waals surface area (Å²) in [6, 6.07) is 0. The van der Waals surface area contributed by atoms with Gasteiger partial charge in [-0.25, -0.2) is 4.79 Å².